The van der Waals surface area contributed by atoms with Crippen LogP contribution < -0.4 is 10.2 Å². The number of carbonyl (C=O) groups excluding carboxylic acids is 1. The molecule has 1 aromatic heterocycles. The van der Waals surface area contributed by atoms with Gasteiger partial charge in [-0.3, -0.25) is 4.79 Å². The van der Waals surface area contributed by atoms with Crippen molar-refractivity contribution in [3.05, 3.63) is 75.6 Å². The lowest BCUT2D eigenvalue weighted by Gasteiger charge is -2.06. The third-order valence-corrected chi connectivity index (χ3v) is 4.42. The Morgan fingerprint density at radius 2 is 1.85 bits per heavy atom. The molecule has 27 heavy (non-hydrogen) atoms. The first-order valence-corrected chi connectivity index (χ1v) is 8.34. The summed E-state index contributed by atoms with van der Waals surface area (Å²) in [4.78, 5) is 34.6. The van der Waals surface area contributed by atoms with Crippen LogP contribution in [-0.4, -0.2) is 17.0 Å². The molecular weight excluding hydrogens is 348 g/mol. The molecule has 4 rings (SSSR count). The molecule has 0 unspecified atom stereocenters. The van der Waals surface area contributed by atoms with Gasteiger partial charge in [0.05, 0.1) is 5.39 Å². The minimum atomic E-state index is -1.70. The number of carboxylic acid groups (broad SMARTS) is 1. The molecule has 1 aliphatic carbocycles. The van der Waals surface area contributed by atoms with Crippen LogP contribution in [0.1, 0.15) is 23.3 Å². The number of fused-ring (bicyclic) bond motifs is 2. The lowest BCUT2D eigenvalue weighted by atomic mass is 10.1. The van der Waals surface area contributed by atoms with E-state index >= 15 is 0 Å². The van der Waals surface area contributed by atoms with Gasteiger partial charge in [0, 0.05) is 11.6 Å². The van der Waals surface area contributed by atoms with Gasteiger partial charge in [-0.15, -0.1) is 0 Å². The maximum absolute atomic E-state index is 12.8. The molecule has 0 saturated carbocycles. The number of ether oxygens (including phenoxy) is 1. The average molecular weight is 362 g/mol. The van der Waals surface area contributed by atoms with Crippen molar-refractivity contribution in [2.45, 2.75) is 12.8 Å². The normalized spacial score (nSPS) is 14.3. The fraction of sp³-hybridized carbons (Fsp3) is 0.0952. The minimum absolute atomic E-state index is 0.00425. The summed E-state index contributed by atoms with van der Waals surface area (Å²) in [5.41, 5.74) is 2.67. The summed E-state index contributed by atoms with van der Waals surface area (Å²) in [7, 11) is 0. The Morgan fingerprint density at radius 3 is 2.59 bits per heavy atom. The molecule has 0 amide bonds. The highest BCUT2D eigenvalue weighted by Gasteiger charge is 2.24. The zero-order valence-electron chi connectivity index (χ0n) is 14.1. The molecule has 6 heteroatoms. The number of benzene rings is 2. The van der Waals surface area contributed by atoms with Crippen LogP contribution in [0.5, 0.6) is 5.75 Å². The molecule has 1 heterocycles. The molecule has 0 fully saturated rings. The minimum Gasteiger partial charge on any atom is -0.473 e. The third kappa shape index (κ3) is 3.13. The maximum atomic E-state index is 12.8. The second-order valence-corrected chi connectivity index (χ2v) is 6.17. The van der Waals surface area contributed by atoms with E-state index in [-0.39, 0.29) is 16.8 Å². The van der Waals surface area contributed by atoms with E-state index in [1.54, 1.807) is 0 Å². The first-order chi connectivity index (χ1) is 13.0. The summed E-state index contributed by atoms with van der Waals surface area (Å²) >= 11 is 0. The van der Waals surface area contributed by atoms with E-state index in [9.17, 15) is 14.4 Å². The molecule has 1 aliphatic rings. The van der Waals surface area contributed by atoms with Crippen molar-refractivity contribution in [1.82, 2.24) is 0 Å². The van der Waals surface area contributed by atoms with Gasteiger partial charge in [-0.05, 0) is 42.2 Å². The molecule has 0 bridgehead atoms. The zero-order chi connectivity index (χ0) is 19.0. The molecule has 0 atom stereocenters. The van der Waals surface area contributed by atoms with Crippen LogP contribution in [0.4, 0.5) is 0 Å². The molecular formula is C21H14O6. The number of carbonyl (C=O) groups is 2. The molecule has 0 saturated heterocycles. The largest absolute Gasteiger partial charge is 0.473 e. The van der Waals surface area contributed by atoms with Crippen LogP contribution in [0.15, 0.2) is 57.7 Å². The Labute approximate surface area is 153 Å². The van der Waals surface area contributed by atoms with Crippen molar-refractivity contribution in [1.29, 1.82) is 0 Å². The van der Waals surface area contributed by atoms with Gasteiger partial charge >= 0.3 is 11.9 Å². The van der Waals surface area contributed by atoms with Crippen molar-refractivity contribution in [3.63, 3.8) is 0 Å². The number of hydrogen-bond acceptors (Lipinski definition) is 5. The number of esters is 1. The number of allylic oxidation sites excluding steroid dienone is 1. The highest BCUT2D eigenvalue weighted by atomic mass is 16.6. The SMILES string of the molecule is O=C(O)C(=O)Oc1ccc2c(=O)c3c(oc2c1)/C(=C/c1ccccc1)CC3. The number of rotatable bonds is 2. The molecule has 134 valence electrons. The van der Waals surface area contributed by atoms with Crippen LogP contribution in [0.25, 0.3) is 22.6 Å². The topological polar surface area (TPSA) is 93.8 Å². The van der Waals surface area contributed by atoms with Crippen molar-refractivity contribution in [2.75, 3.05) is 0 Å². The van der Waals surface area contributed by atoms with Gasteiger partial charge in [0.15, 0.2) is 5.43 Å². The Balaban J connectivity index is 1.80. The van der Waals surface area contributed by atoms with Crippen molar-refractivity contribution in [2.24, 2.45) is 0 Å². The summed E-state index contributed by atoms with van der Waals surface area (Å²) in [5, 5.41) is 9.01. The molecule has 0 radical (unpaired) electrons. The number of aliphatic carboxylic acids is 1. The smallest absolute Gasteiger partial charge is 0.422 e. The Kier molecular flexibility index (Phi) is 4.08. The number of carboxylic acids is 1. The monoisotopic (exact) mass is 362 g/mol. The highest BCUT2D eigenvalue weighted by Crippen LogP contribution is 2.34. The van der Waals surface area contributed by atoms with Gasteiger partial charge in [-0.25, -0.2) is 9.59 Å². The molecule has 2 aromatic carbocycles. The van der Waals surface area contributed by atoms with E-state index in [0.717, 1.165) is 11.1 Å². The Bertz CT molecular complexity index is 1150. The molecule has 3 aromatic rings. The van der Waals surface area contributed by atoms with Crippen LogP contribution >= 0.6 is 0 Å². The fourth-order valence-corrected chi connectivity index (χ4v) is 3.17. The van der Waals surface area contributed by atoms with Crippen LogP contribution in [0, 0.1) is 0 Å². The molecule has 0 aliphatic heterocycles. The van der Waals surface area contributed by atoms with Gasteiger partial charge in [-0.1, -0.05) is 30.3 Å². The average Bonchev–Trinajstić information content (AvgIpc) is 3.05. The molecule has 6 nitrogen and oxygen atoms in total. The van der Waals surface area contributed by atoms with E-state index in [0.29, 0.717) is 29.6 Å². The standard InChI is InChI=1S/C21H14O6/c22-18-15-9-7-14(26-21(25)20(23)24)11-17(15)27-19-13(6-8-16(18)19)10-12-4-2-1-3-5-12/h1-5,7,9-11H,6,8H2,(H,23,24)/b13-10+. The van der Waals surface area contributed by atoms with Crippen LogP contribution in [0.2, 0.25) is 0 Å². The summed E-state index contributed by atoms with van der Waals surface area (Å²) in [6.45, 7) is 0. The Morgan fingerprint density at radius 1 is 1.07 bits per heavy atom. The van der Waals surface area contributed by atoms with E-state index in [1.165, 1.54) is 18.2 Å². The van der Waals surface area contributed by atoms with Gasteiger partial charge < -0.3 is 14.3 Å². The zero-order valence-corrected chi connectivity index (χ0v) is 14.1. The van der Waals surface area contributed by atoms with Crippen molar-refractivity contribution >= 4 is 34.6 Å². The Hall–Kier alpha value is -3.67. The van der Waals surface area contributed by atoms with Gasteiger partial charge in [0.1, 0.15) is 17.1 Å². The van der Waals surface area contributed by atoms with Gasteiger partial charge in [0.2, 0.25) is 0 Å². The highest BCUT2D eigenvalue weighted by molar-refractivity contribution is 6.29. The van der Waals surface area contributed by atoms with E-state index < -0.39 is 11.9 Å². The third-order valence-electron chi connectivity index (χ3n) is 4.42. The second-order valence-electron chi connectivity index (χ2n) is 6.17. The fourth-order valence-electron chi connectivity index (χ4n) is 3.17. The van der Waals surface area contributed by atoms with Crippen LogP contribution in [-0.2, 0) is 16.0 Å². The first kappa shape index (κ1) is 16.8. The van der Waals surface area contributed by atoms with E-state index in [2.05, 4.69) is 0 Å². The quantitative estimate of drug-likeness (QED) is 0.427. The molecule has 0 spiro atoms. The predicted molar refractivity (Wildman–Crippen MR) is 98.4 cm³/mol. The lowest BCUT2D eigenvalue weighted by molar-refractivity contribution is -0.158. The summed E-state index contributed by atoms with van der Waals surface area (Å²) in [6, 6.07) is 13.9. The summed E-state index contributed by atoms with van der Waals surface area (Å²) in [5.74, 6) is -2.57. The van der Waals surface area contributed by atoms with Crippen molar-refractivity contribution < 1.29 is 23.8 Å². The maximum Gasteiger partial charge on any atom is 0.422 e. The molecule has 1 N–H and O–H groups in total. The van der Waals surface area contributed by atoms with E-state index in [1.807, 2.05) is 36.4 Å². The second kappa shape index (κ2) is 6.57. The van der Waals surface area contributed by atoms with Gasteiger partial charge in [-0.2, -0.15) is 0 Å². The predicted octanol–water partition coefficient (Wildman–Crippen LogP) is 3.27. The van der Waals surface area contributed by atoms with Crippen molar-refractivity contribution in [3.8, 4) is 5.75 Å². The van der Waals surface area contributed by atoms with E-state index in [4.69, 9.17) is 14.3 Å². The summed E-state index contributed by atoms with van der Waals surface area (Å²) in [6.07, 6.45) is 3.27. The lowest BCUT2D eigenvalue weighted by Crippen LogP contribution is -2.19. The summed E-state index contributed by atoms with van der Waals surface area (Å²) < 4.78 is 10.7. The van der Waals surface area contributed by atoms with Gasteiger partial charge in [0.25, 0.3) is 0 Å². The first-order valence-electron chi connectivity index (χ1n) is 8.34. The van der Waals surface area contributed by atoms with Crippen LogP contribution in [0.3, 0.4) is 0 Å². The number of hydrogen-bond donors (Lipinski definition) is 1.